The van der Waals surface area contributed by atoms with Gasteiger partial charge in [-0.2, -0.15) is 0 Å². The molecular weight excluding hydrogens is 322 g/mol. The molecule has 2 N–H and O–H groups in total. The lowest BCUT2D eigenvalue weighted by Gasteiger charge is -2.12. The van der Waals surface area contributed by atoms with E-state index >= 15 is 0 Å². The fourth-order valence-corrected chi connectivity index (χ4v) is 2.27. The van der Waals surface area contributed by atoms with Crippen LogP contribution >= 0.6 is 23.8 Å². The Hall–Kier alpha value is -2.18. The Morgan fingerprint density at radius 2 is 1.86 bits per heavy atom. The average Bonchev–Trinajstić information content (AvgIpc) is 2.45. The predicted octanol–water partition coefficient (Wildman–Crippen LogP) is 4.67. The number of nitro groups is 1. The fraction of sp³-hybridized carbons (Fsp3) is 0.133. The summed E-state index contributed by atoms with van der Waals surface area (Å²) >= 11 is 11.2. The second-order valence-corrected chi connectivity index (χ2v) is 5.61. The van der Waals surface area contributed by atoms with Crippen LogP contribution < -0.4 is 10.6 Å². The monoisotopic (exact) mass is 335 g/mol. The molecule has 0 amide bonds. The summed E-state index contributed by atoms with van der Waals surface area (Å²) in [7, 11) is 0. The van der Waals surface area contributed by atoms with Crippen molar-refractivity contribution in [2.45, 2.75) is 13.8 Å². The van der Waals surface area contributed by atoms with Crippen molar-refractivity contribution in [3.05, 3.63) is 62.7 Å². The first-order valence-electron chi connectivity index (χ1n) is 6.46. The maximum Gasteiger partial charge on any atom is 0.271 e. The van der Waals surface area contributed by atoms with Gasteiger partial charge >= 0.3 is 0 Å². The second-order valence-electron chi connectivity index (χ2n) is 4.80. The minimum atomic E-state index is -0.499. The predicted molar refractivity (Wildman–Crippen MR) is 93.9 cm³/mol. The molecule has 114 valence electrons. The molecule has 22 heavy (non-hydrogen) atoms. The smallest absolute Gasteiger partial charge is 0.271 e. The van der Waals surface area contributed by atoms with Crippen LogP contribution in [0.5, 0.6) is 0 Å². The molecule has 0 unspecified atom stereocenters. The topological polar surface area (TPSA) is 67.2 Å². The SMILES string of the molecule is Cc1ccc(NC(=S)Nc2ccc([N+](=O)[O-])cc2Cl)cc1C. The molecule has 2 aromatic rings. The van der Waals surface area contributed by atoms with Gasteiger partial charge in [0.05, 0.1) is 15.6 Å². The largest absolute Gasteiger partial charge is 0.332 e. The van der Waals surface area contributed by atoms with Gasteiger partial charge < -0.3 is 10.6 Å². The highest BCUT2D eigenvalue weighted by Gasteiger charge is 2.10. The zero-order chi connectivity index (χ0) is 16.3. The number of aryl methyl sites for hydroxylation is 2. The fourth-order valence-electron chi connectivity index (χ4n) is 1.82. The minimum Gasteiger partial charge on any atom is -0.332 e. The number of rotatable bonds is 3. The molecule has 0 fully saturated rings. The van der Waals surface area contributed by atoms with Crippen molar-refractivity contribution in [3.63, 3.8) is 0 Å². The Bertz CT molecular complexity index is 750. The number of nitrogens with one attached hydrogen (secondary N) is 2. The van der Waals surface area contributed by atoms with Crippen molar-refractivity contribution in [2.24, 2.45) is 0 Å². The normalized spacial score (nSPS) is 10.1. The van der Waals surface area contributed by atoms with E-state index in [0.29, 0.717) is 10.8 Å². The quantitative estimate of drug-likeness (QED) is 0.484. The molecule has 0 aliphatic heterocycles. The molecule has 2 rings (SSSR count). The van der Waals surface area contributed by atoms with E-state index in [1.807, 2.05) is 32.0 Å². The maximum atomic E-state index is 10.7. The van der Waals surface area contributed by atoms with E-state index in [-0.39, 0.29) is 10.7 Å². The van der Waals surface area contributed by atoms with Gasteiger partial charge in [-0.3, -0.25) is 10.1 Å². The van der Waals surface area contributed by atoms with Gasteiger partial charge in [-0.15, -0.1) is 0 Å². The Morgan fingerprint density at radius 3 is 2.45 bits per heavy atom. The third-order valence-corrected chi connectivity index (χ3v) is 3.69. The van der Waals surface area contributed by atoms with Crippen LogP contribution in [0, 0.1) is 24.0 Å². The molecule has 0 aliphatic carbocycles. The van der Waals surface area contributed by atoms with Crippen LogP contribution in [-0.4, -0.2) is 10.0 Å². The van der Waals surface area contributed by atoms with Crippen molar-refractivity contribution in [1.29, 1.82) is 0 Å². The molecule has 0 bridgehead atoms. The number of nitrogens with zero attached hydrogens (tertiary/aromatic N) is 1. The van der Waals surface area contributed by atoms with Gasteiger partial charge in [0.1, 0.15) is 0 Å². The second kappa shape index (κ2) is 6.72. The zero-order valence-electron chi connectivity index (χ0n) is 12.0. The first-order valence-corrected chi connectivity index (χ1v) is 7.24. The summed E-state index contributed by atoms with van der Waals surface area (Å²) in [6.07, 6.45) is 0. The number of anilines is 2. The summed E-state index contributed by atoms with van der Waals surface area (Å²) in [6.45, 7) is 4.05. The van der Waals surface area contributed by atoms with Crippen LogP contribution in [0.4, 0.5) is 17.1 Å². The highest BCUT2D eigenvalue weighted by Crippen LogP contribution is 2.26. The summed E-state index contributed by atoms with van der Waals surface area (Å²) in [4.78, 5) is 10.2. The van der Waals surface area contributed by atoms with E-state index in [1.165, 1.54) is 23.8 Å². The van der Waals surface area contributed by atoms with Crippen LogP contribution in [0.15, 0.2) is 36.4 Å². The van der Waals surface area contributed by atoms with Gasteiger partial charge in [0.2, 0.25) is 0 Å². The van der Waals surface area contributed by atoms with Crippen molar-refractivity contribution in [2.75, 3.05) is 10.6 Å². The number of non-ortho nitro benzene ring substituents is 1. The van der Waals surface area contributed by atoms with Crippen molar-refractivity contribution >= 4 is 46.0 Å². The van der Waals surface area contributed by atoms with E-state index in [4.69, 9.17) is 23.8 Å². The maximum absolute atomic E-state index is 10.7. The molecule has 0 saturated carbocycles. The summed E-state index contributed by atoms with van der Waals surface area (Å²) in [5.41, 5.74) is 3.65. The van der Waals surface area contributed by atoms with Crippen LogP contribution in [-0.2, 0) is 0 Å². The summed E-state index contributed by atoms with van der Waals surface area (Å²) in [5.74, 6) is 0. The summed E-state index contributed by atoms with van der Waals surface area (Å²) in [6, 6.07) is 10.1. The lowest BCUT2D eigenvalue weighted by Crippen LogP contribution is -2.19. The standard InChI is InChI=1S/C15H14ClN3O2S/c1-9-3-4-11(7-10(9)2)17-15(22)18-14-6-5-12(19(20)21)8-13(14)16/h3-8H,1-2H3,(H2,17,18,22). The lowest BCUT2D eigenvalue weighted by atomic mass is 10.1. The van der Waals surface area contributed by atoms with Crippen molar-refractivity contribution < 1.29 is 4.92 Å². The lowest BCUT2D eigenvalue weighted by molar-refractivity contribution is -0.384. The Labute approximate surface area is 138 Å². The molecule has 2 aromatic carbocycles. The van der Waals surface area contributed by atoms with Crippen LogP contribution in [0.3, 0.4) is 0 Å². The summed E-state index contributed by atoms with van der Waals surface area (Å²) < 4.78 is 0. The van der Waals surface area contributed by atoms with Gasteiger partial charge in [-0.25, -0.2) is 0 Å². The number of hydrogen-bond acceptors (Lipinski definition) is 3. The molecular formula is C15H14ClN3O2S. The highest BCUT2D eigenvalue weighted by atomic mass is 35.5. The minimum absolute atomic E-state index is 0.0661. The van der Waals surface area contributed by atoms with Gasteiger partial charge in [-0.1, -0.05) is 17.7 Å². The van der Waals surface area contributed by atoms with E-state index in [2.05, 4.69) is 10.6 Å². The van der Waals surface area contributed by atoms with Crippen LogP contribution in [0.25, 0.3) is 0 Å². The molecule has 0 aromatic heterocycles. The first kappa shape index (κ1) is 16.2. The van der Waals surface area contributed by atoms with Gasteiger partial charge in [0.15, 0.2) is 5.11 Å². The van der Waals surface area contributed by atoms with E-state index in [1.54, 1.807) is 0 Å². The molecule has 7 heteroatoms. The van der Waals surface area contributed by atoms with Gasteiger partial charge in [-0.05, 0) is 55.4 Å². The third kappa shape index (κ3) is 3.93. The molecule has 0 aliphatic rings. The van der Waals surface area contributed by atoms with Gasteiger partial charge in [0, 0.05) is 17.8 Å². The van der Waals surface area contributed by atoms with Crippen LogP contribution in [0.1, 0.15) is 11.1 Å². The van der Waals surface area contributed by atoms with E-state index < -0.39 is 4.92 Å². The van der Waals surface area contributed by atoms with Crippen molar-refractivity contribution in [3.8, 4) is 0 Å². The van der Waals surface area contributed by atoms with E-state index in [9.17, 15) is 10.1 Å². The molecule has 0 spiro atoms. The first-order chi connectivity index (χ1) is 10.4. The zero-order valence-corrected chi connectivity index (χ0v) is 13.6. The number of nitro benzene ring substituents is 1. The van der Waals surface area contributed by atoms with E-state index in [0.717, 1.165) is 11.3 Å². The number of hydrogen-bond donors (Lipinski definition) is 2. The summed E-state index contributed by atoms with van der Waals surface area (Å²) in [5, 5.41) is 17.2. The average molecular weight is 336 g/mol. The molecule has 0 saturated heterocycles. The molecule has 0 heterocycles. The third-order valence-electron chi connectivity index (χ3n) is 3.18. The van der Waals surface area contributed by atoms with Crippen molar-refractivity contribution in [1.82, 2.24) is 0 Å². The molecule has 0 radical (unpaired) electrons. The number of benzene rings is 2. The highest BCUT2D eigenvalue weighted by molar-refractivity contribution is 7.80. The molecule has 5 nitrogen and oxygen atoms in total. The Balaban J connectivity index is 2.08. The Kier molecular flexibility index (Phi) is 4.95. The number of thiocarbonyl (C=S) groups is 1. The van der Waals surface area contributed by atoms with Crippen LogP contribution in [0.2, 0.25) is 5.02 Å². The number of halogens is 1. The van der Waals surface area contributed by atoms with Gasteiger partial charge in [0.25, 0.3) is 5.69 Å². The molecule has 0 atom stereocenters. The Morgan fingerprint density at radius 1 is 1.14 bits per heavy atom.